The number of aliphatic carboxylic acids is 1. The summed E-state index contributed by atoms with van der Waals surface area (Å²) in [5.41, 5.74) is 0.188. The van der Waals surface area contributed by atoms with Gasteiger partial charge in [0.15, 0.2) is 0 Å². The molecule has 4 nitrogen and oxygen atoms in total. The molecule has 1 saturated heterocycles. The molecule has 21 heavy (non-hydrogen) atoms. The standard InChI is InChI=1S/C17H23NO3/c1-18-11-15(12-18)21-14-7-5-6-13(10-14)17(16(19)20)8-3-2-4-9-17/h5-7,10,15H,2-4,8-9,11-12H2,1H3,(H,19,20). The minimum Gasteiger partial charge on any atom is -0.488 e. The van der Waals surface area contributed by atoms with Crippen molar-refractivity contribution in [1.29, 1.82) is 0 Å². The maximum Gasteiger partial charge on any atom is 0.314 e. The van der Waals surface area contributed by atoms with Crippen LogP contribution in [0.1, 0.15) is 37.7 Å². The second kappa shape index (κ2) is 5.68. The summed E-state index contributed by atoms with van der Waals surface area (Å²) in [6, 6.07) is 7.74. The highest BCUT2D eigenvalue weighted by Crippen LogP contribution is 2.40. The lowest BCUT2D eigenvalue weighted by Gasteiger charge is -2.37. The molecular weight excluding hydrogens is 266 g/mol. The van der Waals surface area contributed by atoms with Crippen molar-refractivity contribution in [2.75, 3.05) is 20.1 Å². The number of carbonyl (C=O) groups is 1. The van der Waals surface area contributed by atoms with Crippen LogP contribution in [0.25, 0.3) is 0 Å². The zero-order valence-corrected chi connectivity index (χ0v) is 12.5. The molecule has 0 spiro atoms. The van der Waals surface area contributed by atoms with Crippen LogP contribution in [0.15, 0.2) is 24.3 Å². The van der Waals surface area contributed by atoms with Gasteiger partial charge in [0.25, 0.3) is 0 Å². The van der Waals surface area contributed by atoms with Crippen molar-refractivity contribution in [3.63, 3.8) is 0 Å². The van der Waals surface area contributed by atoms with E-state index in [1.165, 1.54) is 0 Å². The second-order valence-electron chi connectivity index (χ2n) is 6.44. The number of likely N-dealkylation sites (tertiary alicyclic amines) is 1. The van der Waals surface area contributed by atoms with Crippen LogP contribution in [0.5, 0.6) is 5.75 Å². The van der Waals surface area contributed by atoms with Crippen molar-refractivity contribution in [3.05, 3.63) is 29.8 Å². The number of carboxylic acid groups (broad SMARTS) is 1. The molecule has 0 radical (unpaired) electrons. The van der Waals surface area contributed by atoms with Crippen molar-refractivity contribution in [1.82, 2.24) is 4.90 Å². The topological polar surface area (TPSA) is 49.8 Å². The van der Waals surface area contributed by atoms with Gasteiger partial charge < -0.3 is 9.84 Å². The molecular formula is C17H23NO3. The highest BCUT2D eigenvalue weighted by molar-refractivity contribution is 5.81. The molecule has 4 heteroatoms. The molecule has 2 fully saturated rings. The lowest BCUT2D eigenvalue weighted by atomic mass is 9.69. The van der Waals surface area contributed by atoms with Gasteiger partial charge in [-0.2, -0.15) is 0 Å². The first-order chi connectivity index (χ1) is 10.1. The van der Waals surface area contributed by atoms with Crippen molar-refractivity contribution < 1.29 is 14.6 Å². The Morgan fingerprint density at radius 3 is 2.62 bits per heavy atom. The van der Waals surface area contributed by atoms with E-state index in [1.807, 2.05) is 24.3 Å². The minimum absolute atomic E-state index is 0.234. The van der Waals surface area contributed by atoms with Gasteiger partial charge >= 0.3 is 5.97 Å². The van der Waals surface area contributed by atoms with Gasteiger partial charge in [-0.05, 0) is 37.6 Å². The van der Waals surface area contributed by atoms with Crippen molar-refractivity contribution in [2.45, 2.75) is 43.6 Å². The Morgan fingerprint density at radius 2 is 2.00 bits per heavy atom. The van der Waals surface area contributed by atoms with E-state index in [0.717, 1.165) is 56.5 Å². The summed E-state index contributed by atoms with van der Waals surface area (Å²) < 4.78 is 5.94. The molecule has 1 aliphatic heterocycles. The fraction of sp³-hybridized carbons (Fsp3) is 0.588. The van der Waals surface area contributed by atoms with Crippen molar-refractivity contribution >= 4 is 5.97 Å². The zero-order valence-electron chi connectivity index (χ0n) is 12.5. The van der Waals surface area contributed by atoms with Gasteiger partial charge in [-0.25, -0.2) is 0 Å². The van der Waals surface area contributed by atoms with E-state index in [1.54, 1.807) is 0 Å². The normalized spacial score (nSPS) is 22.5. The fourth-order valence-electron chi connectivity index (χ4n) is 3.56. The molecule has 0 amide bonds. The molecule has 0 unspecified atom stereocenters. The summed E-state index contributed by atoms with van der Waals surface area (Å²) in [4.78, 5) is 14.1. The predicted molar refractivity (Wildman–Crippen MR) is 80.8 cm³/mol. The number of ether oxygens (including phenoxy) is 1. The van der Waals surface area contributed by atoms with Crippen molar-refractivity contribution in [2.24, 2.45) is 0 Å². The molecule has 1 N–H and O–H groups in total. The first-order valence-electron chi connectivity index (χ1n) is 7.79. The molecule has 1 aromatic carbocycles. The lowest BCUT2D eigenvalue weighted by Crippen LogP contribution is -2.51. The quantitative estimate of drug-likeness (QED) is 0.926. The first-order valence-corrected chi connectivity index (χ1v) is 7.79. The van der Waals surface area contributed by atoms with Gasteiger partial charge in [0.2, 0.25) is 0 Å². The third-order valence-corrected chi connectivity index (χ3v) is 4.84. The van der Waals surface area contributed by atoms with Crippen LogP contribution in [0.4, 0.5) is 0 Å². The van der Waals surface area contributed by atoms with E-state index < -0.39 is 11.4 Å². The monoisotopic (exact) mass is 289 g/mol. The van der Waals surface area contributed by atoms with Gasteiger partial charge in [-0.15, -0.1) is 0 Å². The predicted octanol–water partition coefficient (Wildman–Crippen LogP) is 2.67. The SMILES string of the molecule is CN1CC(Oc2cccc(C3(C(=O)O)CCCCC3)c2)C1. The Kier molecular flexibility index (Phi) is 3.89. The van der Waals surface area contributed by atoms with Gasteiger partial charge in [0.05, 0.1) is 5.41 Å². The number of hydrogen-bond donors (Lipinski definition) is 1. The van der Waals surface area contributed by atoms with Gasteiger partial charge in [-0.1, -0.05) is 31.4 Å². The largest absolute Gasteiger partial charge is 0.488 e. The Balaban J connectivity index is 1.81. The fourth-order valence-corrected chi connectivity index (χ4v) is 3.56. The highest BCUT2D eigenvalue weighted by Gasteiger charge is 2.41. The van der Waals surface area contributed by atoms with E-state index in [0.29, 0.717) is 0 Å². The van der Waals surface area contributed by atoms with Crippen LogP contribution in [-0.2, 0) is 10.2 Å². The number of hydrogen-bond acceptors (Lipinski definition) is 3. The second-order valence-corrected chi connectivity index (χ2v) is 6.44. The van der Waals surface area contributed by atoms with Gasteiger partial charge in [0, 0.05) is 13.1 Å². The number of likely N-dealkylation sites (N-methyl/N-ethyl adjacent to an activating group) is 1. The summed E-state index contributed by atoms with van der Waals surface area (Å²) in [6.45, 7) is 1.88. The molecule has 1 saturated carbocycles. The Labute approximate surface area is 125 Å². The average Bonchev–Trinajstić information content (AvgIpc) is 2.46. The van der Waals surface area contributed by atoms with E-state index in [9.17, 15) is 9.90 Å². The highest BCUT2D eigenvalue weighted by atomic mass is 16.5. The molecule has 0 atom stereocenters. The Morgan fingerprint density at radius 1 is 1.29 bits per heavy atom. The number of nitrogens with zero attached hydrogens (tertiary/aromatic N) is 1. The smallest absolute Gasteiger partial charge is 0.314 e. The first kappa shape index (κ1) is 14.4. The van der Waals surface area contributed by atoms with E-state index in [4.69, 9.17) is 4.74 Å². The molecule has 3 rings (SSSR count). The third-order valence-electron chi connectivity index (χ3n) is 4.84. The summed E-state index contributed by atoms with van der Waals surface area (Å²) in [5, 5.41) is 9.76. The van der Waals surface area contributed by atoms with Crippen LogP contribution < -0.4 is 4.74 Å². The van der Waals surface area contributed by atoms with E-state index in [2.05, 4.69) is 11.9 Å². The van der Waals surface area contributed by atoms with E-state index >= 15 is 0 Å². The summed E-state index contributed by atoms with van der Waals surface area (Å²) in [6.07, 6.45) is 4.82. The van der Waals surface area contributed by atoms with Crippen LogP contribution in [-0.4, -0.2) is 42.2 Å². The molecule has 0 bridgehead atoms. The summed E-state index contributed by atoms with van der Waals surface area (Å²) in [7, 11) is 2.07. The Bertz CT molecular complexity index is 517. The van der Waals surface area contributed by atoms with Crippen LogP contribution in [0.3, 0.4) is 0 Å². The summed E-state index contributed by atoms with van der Waals surface area (Å²) in [5.74, 6) is 0.111. The van der Waals surface area contributed by atoms with Crippen LogP contribution in [0, 0.1) is 0 Å². The zero-order chi connectivity index (χ0) is 14.9. The van der Waals surface area contributed by atoms with Crippen LogP contribution >= 0.6 is 0 Å². The maximum absolute atomic E-state index is 11.9. The minimum atomic E-state index is -0.714. The third kappa shape index (κ3) is 2.77. The lowest BCUT2D eigenvalue weighted by molar-refractivity contribution is -0.145. The van der Waals surface area contributed by atoms with Crippen molar-refractivity contribution in [3.8, 4) is 5.75 Å². The average molecular weight is 289 g/mol. The molecule has 0 aromatic heterocycles. The van der Waals surface area contributed by atoms with E-state index in [-0.39, 0.29) is 6.10 Å². The van der Waals surface area contributed by atoms with Crippen LogP contribution in [0.2, 0.25) is 0 Å². The summed E-state index contributed by atoms with van der Waals surface area (Å²) >= 11 is 0. The molecule has 1 aromatic rings. The van der Waals surface area contributed by atoms with Gasteiger partial charge in [0.1, 0.15) is 11.9 Å². The van der Waals surface area contributed by atoms with Gasteiger partial charge in [-0.3, -0.25) is 9.69 Å². The molecule has 1 heterocycles. The number of rotatable bonds is 4. The molecule has 2 aliphatic rings. The number of benzene rings is 1. The number of carboxylic acids is 1. The molecule has 114 valence electrons. The maximum atomic E-state index is 11.9. The molecule has 1 aliphatic carbocycles. The Hall–Kier alpha value is -1.55.